The van der Waals surface area contributed by atoms with Crippen molar-refractivity contribution in [1.29, 1.82) is 0 Å². The molecular weight excluding hydrogens is 849 g/mol. The summed E-state index contributed by atoms with van der Waals surface area (Å²) in [6.45, 7) is 25.6. The SMILES string of the molecule is CC(C)(c1ccc(OC(C)(C)C(C)(C)Oc2ccc3cc(CC4CO4)ccc3c2)c(CC2CO2)c1)c1ccc(OC(C)(C)C(C)(C)Oc2ccc3cc(CC4COC4)ccc3c2)cc1CC1CO1. The van der Waals surface area contributed by atoms with E-state index in [0.717, 1.165) is 98.1 Å². The molecule has 10 rings (SSSR count). The first-order chi connectivity index (χ1) is 32.3. The van der Waals surface area contributed by atoms with Gasteiger partial charge in [-0.25, -0.2) is 0 Å². The lowest BCUT2D eigenvalue weighted by Gasteiger charge is -2.42. The van der Waals surface area contributed by atoms with Crippen LogP contribution in [-0.4, -0.2) is 73.8 Å². The highest BCUT2D eigenvalue weighted by Gasteiger charge is 2.44. The number of rotatable bonds is 20. The highest BCUT2D eigenvalue weighted by Crippen LogP contribution is 2.43. The van der Waals surface area contributed by atoms with Gasteiger partial charge in [-0.15, -0.1) is 0 Å². The van der Waals surface area contributed by atoms with E-state index in [1.54, 1.807) is 0 Å². The van der Waals surface area contributed by atoms with Gasteiger partial charge in [0.15, 0.2) is 0 Å². The number of hydrogen-bond acceptors (Lipinski definition) is 8. The summed E-state index contributed by atoms with van der Waals surface area (Å²) in [7, 11) is 0. The average molecular weight is 919 g/mol. The molecule has 6 aromatic rings. The first kappa shape index (κ1) is 46.6. The molecular formula is C60H70O8. The standard InChI is InChI=1S/C60H70O8/c1-56(2,47-17-22-55(46(27-47)32-53-37-64-53)68-60(9,10)59(7,8)66-49-19-16-42-25-39(26-51-35-62-51)12-14-44(42)29-49)54-21-20-50(30-45(54)31-52-36-63-52)67-58(5,6)57(3,4)65-48-18-15-41-24-38(11-13-43(41)28-48)23-40-33-61-34-40/h11-22,24-25,27-30,40,51-53H,23,26,31-37H2,1-10H3. The zero-order chi connectivity index (χ0) is 47.6. The molecule has 3 unspecified atom stereocenters. The van der Waals surface area contributed by atoms with E-state index in [2.05, 4.69) is 178 Å². The summed E-state index contributed by atoms with van der Waals surface area (Å²) >= 11 is 0. The van der Waals surface area contributed by atoms with Crippen molar-refractivity contribution in [1.82, 2.24) is 0 Å². The fourth-order valence-corrected chi connectivity index (χ4v) is 9.42. The first-order valence-corrected chi connectivity index (χ1v) is 24.8. The van der Waals surface area contributed by atoms with Gasteiger partial charge in [0.25, 0.3) is 0 Å². The van der Waals surface area contributed by atoms with Crippen molar-refractivity contribution in [2.45, 2.75) is 141 Å². The number of epoxide rings is 3. The van der Waals surface area contributed by atoms with E-state index in [9.17, 15) is 0 Å². The van der Waals surface area contributed by atoms with Crippen LogP contribution in [-0.2, 0) is 50.0 Å². The highest BCUT2D eigenvalue weighted by molar-refractivity contribution is 5.85. The van der Waals surface area contributed by atoms with E-state index < -0.39 is 22.4 Å². The van der Waals surface area contributed by atoms with Gasteiger partial charge in [-0.2, -0.15) is 0 Å². The van der Waals surface area contributed by atoms with Gasteiger partial charge in [-0.3, -0.25) is 0 Å². The maximum atomic E-state index is 7.03. The summed E-state index contributed by atoms with van der Waals surface area (Å²) in [5, 5.41) is 4.73. The molecule has 0 aliphatic carbocycles. The summed E-state index contributed by atoms with van der Waals surface area (Å²) in [6, 6.07) is 39.4. The molecule has 4 aliphatic rings. The van der Waals surface area contributed by atoms with Crippen LogP contribution in [0.15, 0.2) is 109 Å². The topological polar surface area (TPSA) is 83.7 Å². The second-order valence-electron chi connectivity index (χ2n) is 22.5. The van der Waals surface area contributed by atoms with Crippen LogP contribution in [0.1, 0.15) is 103 Å². The molecule has 3 atom stereocenters. The van der Waals surface area contributed by atoms with Crippen molar-refractivity contribution in [3.63, 3.8) is 0 Å². The van der Waals surface area contributed by atoms with Gasteiger partial charge < -0.3 is 37.9 Å². The van der Waals surface area contributed by atoms with Crippen LogP contribution < -0.4 is 18.9 Å². The summed E-state index contributed by atoms with van der Waals surface area (Å²) in [5.74, 6) is 3.92. The minimum absolute atomic E-state index is 0.181. The molecule has 0 amide bonds. The molecule has 68 heavy (non-hydrogen) atoms. The quantitative estimate of drug-likeness (QED) is 0.0700. The average Bonchev–Trinajstić information content (AvgIpc) is 4.11. The van der Waals surface area contributed by atoms with Crippen molar-refractivity contribution >= 4 is 21.5 Å². The van der Waals surface area contributed by atoms with Gasteiger partial charge >= 0.3 is 0 Å². The van der Waals surface area contributed by atoms with Gasteiger partial charge in [-0.1, -0.05) is 80.6 Å². The van der Waals surface area contributed by atoms with E-state index in [0.29, 0.717) is 12.0 Å². The van der Waals surface area contributed by atoms with Crippen LogP contribution in [0.2, 0.25) is 0 Å². The molecule has 4 aliphatic heterocycles. The van der Waals surface area contributed by atoms with E-state index in [1.807, 2.05) is 0 Å². The molecule has 0 bridgehead atoms. The summed E-state index contributed by atoms with van der Waals surface area (Å²) < 4.78 is 50.0. The van der Waals surface area contributed by atoms with Crippen LogP contribution in [0.3, 0.4) is 0 Å². The lowest BCUT2D eigenvalue weighted by molar-refractivity contribution is -0.0735. The Balaban J connectivity index is 0.853. The van der Waals surface area contributed by atoms with Crippen LogP contribution in [0.4, 0.5) is 0 Å². The summed E-state index contributed by atoms with van der Waals surface area (Å²) in [4.78, 5) is 0. The molecule has 4 fully saturated rings. The molecule has 6 aromatic carbocycles. The fourth-order valence-electron chi connectivity index (χ4n) is 9.42. The number of ether oxygens (including phenoxy) is 8. The zero-order valence-electron chi connectivity index (χ0n) is 41.8. The van der Waals surface area contributed by atoms with Gasteiger partial charge in [0, 0.05) is 30.6 Å². The molecule has 4 heterocycles. The Kier molecular flexibility index (Phi) is 12.1. The van der Waals surface area contributed by atoms with Crippen LogP contribution in [0.25, 0.3) is 21.5 Å². The molecule has 0 radical (unpaired) electrons. The maximum absolute atomic E-state index is 7.03. The molecule has 0 spiro atoms. The van der Waals surface area contributed by atoms with Crippen molar-refractivity contribution in [2.24, 2.45) is 5.92 Å². The third-order valence-electron chi connectivity index (χ3n) is 15.5. The first-order valence-electron chi connectivity index (χ1n) is 24.8. The van der Waals surface area contributed by atoms with Crippen molar-refractivity contribution < 1.29 is 37.9 Å². The minimum atomic E-state index is -0.696. The minimum Gasteiger partial charge on any atom is -0.484 e. The van der Waals surface area contributed by atoms with Crippen molar-refractivity contribution in [3.05, 3.63) is 143 Å². The molecule has 8 nitrogen and oxygen atoms in total. The van der Waals surface area contributed by atoms with Crippen molar-refractivity contribution in [3.8, 4) is 23.0 Å². The normalized spacial score (nSPS) is 19.7. The zero-order valence-corrected chi connectivity index (χ0v) is 41.8. The Morgan fingerprint density at radius 2 is 0.853 bits per heavy atom. The van der Waals surface area contributed by atoms with Gasteiger partial charge in [0.2, 0.25) is 0 Å². The molecule has 0 aromatic heterocycles. The maximum Gasteiger partial charge on any atom is 0.142 e. The van der Waals surface area contributed by atoms with Gasteiger partial charge in [-0.05, 0) is 159 Å². The molecule has 4 saturated heterocycles. The molecule has 0 N–H and O–H groups in total. The Labute approximate surface area is 403 Å². The monoisotopic (exact) mass is 919 g/mol. The summed E-state index contributed by atoms with van der Waals surface area (Å²) in [5.41, 5.74) is 4.38. The molecule has 358 valence electrons. The number of fused-ring (bicyclic) bond motifs is 2. The number of hydrogen-bond donors (Lipinski definition) is 0. The molecule has 8 heteroatoms. The van der Waals surface area contributed by atoms with E-state index in [-0.39, 0.29) is 17.6 Å². The Bertz CT molecular complexity index is 2800. The Hall–Kier alpha value is -5.12. The van der Waals surface area contributed by atoms with Crippen LogP contribution in [0.5, 0.6) is 23.0 Å². The third kappa shape index (κ3) is 10.3. The second kappa shape index (κ2) is 17.7. The third-order valence-corrected chi connectivity index (χ3v) is 15.5. The second-order valence-corrected chi connectivity index (χ2v) is 22.5. The smallest absolute Gasteiger partial charge is 0.142 e. The Morgan fingerprint density at radius 3 is 1.37 bits per heavy atom. The van der Waals surface area contributed by atoms with Crippen LogP contribution in [0, 0.1) is 5.92 Å². The fraction of sp³-hybridized carbons (Fsp3) is 0.467. The highest BCUT2D eigenvalue weighted by atomic mass is 16.6. The predicted octanol–water partition coefficient (Wildman–Crippen LogP) is 12.4. The molecule has 0 saturated carbocycles. The Morgan fingerprint density at radius 1 is 0.412 bits per heavy atom. The van der Waals surface area contributed by atoms with Gasteiger partial charge in [0.1, 0.15) is 45.4 Å². The van der Waals surface area contributed by atoms with E-state index in [4.69, 9.17) is 37.9 Å². The van der Waals surface area contributed by atoms with E-state index in [1.165, 1.54) is 38.6 Å². The summed E-state index contributed by atoms with van der Waals surface area (Å²) in [6.07, 6.45) is 4.35. The van der Waals surface area contributed by atoms with Crippen molar-refractivity contribution in [2.75, 3.05) is 33.0 Å². The van der Waals surface area contributed by atoms with Gasteiger partial charge in [0.05, 0.1) is 51.3 Å². The predicted molar refractivity (Wildman–Crippen MR) is 270 cm³/mol. The van der Waals surface area contributed by atoms with E-state index >= 15 is 0 Å². The number of benzene rings is 6. The lowest BCUT2D eigenvalue weighted by Crippen LogP contribution is -2.53. The van der Waals surface area contributed by atoms with Crippen LogP contribution >= 0.6 is 0 Å². The largest absolute Gasteiger partial charge is 0.484 e. The lowest BCUT2D eigenvalue weighted by atomic mass is 9.74.